The summed E-state index contributed by atoms with van der Waals surface area (Å²) in [5.41, 5.74) is -0.994. The van der Waals surface area contributed by atoms with E-state index in [9.17, 15) is 27.6 Å². The Morgan fingerprint density at radius 1 is 1.14 bits per heavy atom. The largest absolute Gasteiger partial charge is 0.446 e. The SMILES string of the molecule is CN1CCCC/C=C/C2CC2(C(=O)NS(=O)(=O)C2(C)CC2)NC(=O)C2CC(OC(=O)Nc3cccc(Cl)c3)CC2C1=O. The third-order valence-corrected chi connectivity index (χ3v) is 11.4. The summed E-state index contributed by atoms with van der Waals surface area (Å²) >= 11 is 5.99. The van der Waals surface area contributed by atoms with Crippen LogP contribution in [0.4, 0.5) is 10.5 Å². The zero-order chi connectivity index (χ0) is 30.3. The van der Waals surface area contributed by atoms with E-state index in [4.69, 9.17) is 16.3 Å². The molecule has 5 atom stereocenters. The van der Waals surface area contributed by atoms with Crippen LogP contribution in [0.5, 0.6) is 0 Å². The van der Waals surface area contributed by atoms with E-state index in [0.29, 0.717) is 30.1 Å². The van der Waals surface area contributed by atoms with Gasteiger partial charge in [-0.05, 0) is 76.5 Å². The first kappa shape index (κ1) is 30.3. The summed E-state index contributed by atoms with van der Waals surface area (Å²) in [6.45, 7) is 2.11. The molecule has 5 unspecified atom stereocenters. The minimum Gasteiger partial charge on any atom is -0.446 e. The molecule has 5 rings (SSSR count). The molecule has 0 bridgehead atoms. The molecule has 3 aliphatic carbocycles. The molecule has 3 saturated carbocycles. The summed E-state index contributed by atoms with van der Waals surface area (Å²) in [6.07, 6.45) is 6.03. The number of nitrogens with zero attached hydrogens (tertiary/aromatic N) is 1. The molecule has 228 valence electrons. The second-order valence-electron chi connectivity index (χ2n) is 12.2. The van der Waals surface area contributed by atoms with Crippen molar-refractivity contribution in [3.05, 3.63) is 41.4 Å². The van der Waals surface area contributed by atoms with Gasteiger partial charge in [-0.2, -0.15) is 0 Å². The Bertz CT molecular complexity index is 1410. The number of fused-ring (bicyclic) bond motifs is 2. The average Bonchev–Trinajstić information content (AvgIpc) is 3.80. The van der Waals surface area contributed by atoms with Crippen LogP contribution in [0.1, 0.15) is 58.3 Å². The Morgan fingerprint density at radius 2 is 1.88 bits per heavy atom. The van der Waals surface area contributed by atoms with Crippen molar-refractivity contribution in [2.75, 3.05) is 18.9 Å². The lowest BCUT2D eigenvalue weighted by molar-refractivity contribution is -0.140. The zero-order valence-corrected chi connectivity index (χ0v) is 25.3. The lowest BCUT2D eigenvalue weighted by Crippen LogP contribution is -2.55. The van der Waals surface area contributed by atoms with Crippen molar-refractivity contribution in [1.82, 2.24) is 14.9 Å². The van der Waals surface area contributed by atoms with Crippen LogP contribution in [0, 0.1) is 17.8 Å². The van der Waals surface area contributed by atoms with Gasteiger partial charge < -0.3 is 15.0 Å². The van der Waals surface area contributed by atoms with Crippen molar-refractivity contribution in [1.29, 1.82) is 0 Å². The molecule has 1 aromatic rings. The molecule has 11 nitrogen and oxygen atoms in total. The summed E-state index contributed by atoms with van der Waals surface area (Å²) in [5.74, 6) is -3.57. The smallest absolute Gasteiger partial charge is 0.411 e. The molecule has 13 heteroatoms. The number of hydrogen-bond acceptors (Lipinski definition) is 7. The number of ether oxygens (including phenoxy) is 1. The van der Waals surface area contributed by atoms with Gasteiger partial charge in [-0.3, -0.25) is 24.4 Å². The first-order chi connectivity index (χ1) is 19.8. The normalized spacial score (nSPS) is 31.5. The number of halogens is 1. The maximum Gasteiger partial charge on any atom is 0.411 e. The third-order valence-electron chi connectivity index (χ3n) is 8.97. The Labute approximate surface area is 250 Å². The Hall–Kier alpha value is -3.12. The number of carbonyl (C=O) groups excluding carboxylic acids is 4. The van der Waals surface area contributed by atoms with Crippen molar-refractivity contribution in [2.45, 2.75) is 74.7 Å². The number of carbonyl (C=O) groups is 4. The summed E-state index contributed by atoms with van der Waals surface area (Å²) in [4.78, 5) is 55.0. The fraction of sp³-hybridized carbons (Fsp3) is 0.586. The van der Waals surface area contributed by atoms with Gasteiger partial charge in [0.25, 0.3) is 5.91 Å². The van der Waals surface area contributed by atoms with Crippen LogP contribution in [-0.2, 0) is 29.1 Å². The fourth-order valence-corrected chi connectivity index (χ4v) is 7.36. The van der Waals surface area contributed by atoms with Gasteiger partial charge >= 0.3 is 6.09 Å². The molecule has 1 aromatic carbocycles. The van der Waals surface area contributed by atoms with Crippen LogP contribution in [0.15, 0.2) is 36.4 Å². The van der Waals surface area contributed by atoms with E-state index >= 15 is 0 Å². The zero-order valence-electron chi connectivity index (χ0n) is 23.7. The highest BCUT2D eigenvalue weighted by Crippen LogP contribution is 2.48. The first-order valence-electron chi connectivity index (χ1n) is 14.4. The van der Waals surface area contributed by atoms with Crippen LogP contribution < -0.4 is 15.4 Å². The van der Waals surface area contributed by atoms with Crippen LogP contribution in [-0.4, -0.2) is 67.1 Å². The molecule has 0 radical (unpaired) electrons. The summed E-state index contributed by atoms with van der Waals surface area (Å²) in [6, 6.07) is 6.57. The number of amides is 4. The molecule has 42 heavy (non-hydrogen) atoms. The molecule has 0 saturated heterocycles. The molecule has 1 aliphatic heterocycles. The van der Waals surface area contributed by atoms with E-state index < -0.39 is 56.2 Å². The number of benzene rings is 1. The van der Waals surface area contributed by atoms with Crippen LogP contribution >= 0.6 is 11.6 Å². The number of anilines is 1. The highest BCUT2D eigenvalue weighted by Gasteiger charge is 2.63. The van der Waals surface area contributed by atoms with Gasteiger partial charge in [0.1, 0.15) is 11.6 Å². The van der Waals surface area contributed by atoms with Gasteiger partial charge in [-0.15, -0.1) is 0 Å². The maximum absolute atomic E-state index is 13.8. The van der Waals surface area contributed by atoms with Crippen molar-refractivity contribution in [2.24, 2.45) is 17.8 Å². The minimum absolute atomic E-state index is 0.0770. The molecule has 3 fully saturated rings. The van der Waals surface area contributed by atoms with Gasteiger partial charge in [-0.25, -0.2) is 13.2 Å². The maximum atomic E-state index is 13.8. The van der Waals surface area contributed by atoms with Gasteiger partial charge in [0.05, 0.1) is 16.6 Å². The lowest BCUT2D eigenvalue weighted by atomic mass is 9.93. The second-order valence-corrected chi connectivity index (χ2v) is 14.8. The van der Waals surface area contributed by atoms with Crippen LogP contribution in [0.2, 0.25) is 5.02 Å². The lowest BCUT2D eigenvalue weighted by Gasteiger charge is -2.27. The molecule has 0 aromatic heterocycles. The van der Waals surface area contributed by atoms with Gasteiger partial charge in [0.2, 0.25) is 21.8 Å². The summed E-state index contributed by atoms with van der Waals surface area (Å²) < 4.78 is 32.6. The summed E-state index contributed by atoms with van der Waals surface area (Å²) in [7, 11) is -2.23. The molecule has 4 amide bonds. The van der Waals surface area contributed by atoms with E-state index in [-0.39, 0.29) is 31.1 Å². The molecular weight excluding hydrogens is 584 g/mol. The van der Waals surface area contributed by atoms with Gasteiger partial charge in [-0.1, -0.05) is 29.8 Å². The number of allylic oxidation sites excluding steroid dienone is 1. The standard InChI is InChI=1S/C29H37ClN4O7S/c1-28(11-12-28)42(39,40)33-26(37)29-17-18(29)8-5-3-4-6-13-34(2)25(36)23-16-21(15-22(23)24(35)32-29)41-27(38)31-20-10-7-9-19(30)14-20/h5,7-10,14,18,21-23H,3-4,6,11-13,15-17H2,1-2H3,(H,31,38)(H,32,35)(H,33,37)/b8-5+. The number of sulfonamides is 1. The number of nitrogens with one attached hydrogen (secondary N) is 3. The minimum atomic E-state index is -3.92. The quantitative estimate of drug-likeness (QED) is 0.427. The van der Waals surface area contributed by atoms with Gasteiger partial charge in [0.15, 0.2) is 0 Å². The highest BCUT2D eigenvalue weighted by molar-refractivity contribution is 7.91. The Balaban J connectivity index is 1.35. The molecular formula is C29H37ClN4O7S. The van der Waals surface area contributed by atoms with Crippen molar-refractivity contribution in [3.63, 3.8) is 0 Å². The second kappa shape index (κ2) is 11.5. The predicted octanol–water partition coefficient (Wildman–Crippen LogP) is 3.36. The third kappa shape index (κ3) is 6.29. The first-order valence-corrected chi connectivity index (χ1v) is 16.2. The van der Waals surface area contributed by atoms with E-state index in [1.54, 1.807) is 43.1 Å². The molecule has 3 N–H and O–H groups in total. The summed E-state index contributed by atoms with van der Waals surface area (Å²) in [5, 5.41) is 5.88. The molecule has 0 spiro atoms. The Morgan fingerprint density at radius 3 is 2.60 bits per heavy atom. The number of hydrogen-bond donors (Lipinski definition) is 3. The predicted molar refractivity (Wildman–Crippen MR) is 156 cm³/mol. The highest BCUT2D eigenvalue weighted by atomic mass is 35.5. The number of rotatable bonds is 5. The van der Waals surface area contributed by atoms with Gasteiger partial charge in [0, 0.05) is 30.2 Å². The monoisotopic (exact) mass is 620 g/mol. The van der Waals surface area contributed by atoms with E-state index in [0.717, 1.165) is 19.3 Å². The topological polar surface area (TPSA) is 151 Å². The van der Waals surface area contributed by atoms with E-state index in [1.807, 2.05) is 12.2 Å². The molecule has 1 heterocycles. The average molecular weight is 621 g/mol. The van der Waals surface area contributed by atoms with Crippen LogP contribution in [0.25, 0.3) is 0 Å². The van der Waals surface area contributed by atoms with E-state index in [1.165, 1.54) is 0 Å². The van der Waals surface area contributed by atoms with Crippen molar-refractivity contribution >= 4 is 51.1 Å². The van der Waals surface area contributed by atoms with Crippen LogP contribution in [0.3, 0.4) is 0 Å². The molecule has 4 aliphatic rings. The Kier molecular flexibility index (Phi) is 8.32. The van der Waals surface area contributed by atoms with E-state index in [2.05, 4.69) is 15.4 Å². The van der Waals surface area contributed by atoms with Crippen molar-refractivity contribution < 1.29 is 32.3 Å². The van der Waals surface area contributed by atoms with Crippen molar-refractivity contribution in [3.8, 4) is 0 Å². The fourth-order valence-electron chi connectivity index (χ4n) is 5.86.